The van der Waals surface area contributed by atoms with Crippen LogP contribution in [0.15, 0.2) is 30.5 Å². The minimum atomic E-state index is -0.0141. The number of nitrogens with zero attached hydrogens (tertiary/aromatic N) is 1. The van der Waals surface area contributed by atoms with Gasteiger partial charge in [0.15, 0.2) is 0 Å². The molecule has 2 aliphatic carbocycles. The minimum Gasteiger partial charge on any atom is -0.344 e. The van der Waals surface area contributed by atoms with E-state index < -0.39 is 0 Å². The molecule has 82 valence electrons. The molecule has 1 aromatic heterocycles. The second kappa shape index (κ2) is 2.69. The van der Waals surface area contributed by atoms with Crippen molar-refractivity contribution in [2.24, 2.45) is 5.73 Å². The molecule has 2 aliphatic rings. The van der Waals surface area contributed by atoms with Gasteiger partial charge in [0, 0.05) is 28.7 Å². The summed E-state index contributed by atoms with van der Waals surface area (Å²) in [4.78, 5) is 0. The van der Waals surface area contributed by atoms with Crippen molar-refractivity contribution in [2.45, 2.75) is 37.3 Å². The molecule has 16 heavy (non-hydrogen) atoms. The number of benzene rings is 1. The Bertz CT molecular complexity index is 559. The number of hydrogen-bond acceptors (Lipinski definition) is 1. The van der Waals surface area contributed by atoms with Crippen LogP contribution in [0.1, 0.15) is 37.3 Å². The van der Waals surface area contributed by atoms with Crippen molar-refractivity contribution in [2.75, 3.05) is 0 Å². The van der Waals surface area contributed by atoms with E-state index in [9.17, 15) is 0 Å². The summed E-state index contributed by atoms with van der Waals surface area (Å²) in [6.45, 7) is 0. The second-order valence-electron chi connectivity index (χ2n) is 5.35. The average molecular weight is 212 g/mol. The summed E-state index contributed by atoms with van der Waals surface area (Å²) in [7, 11) is 0. The van der Waals surface area contributed by atoms with Crippen LogP contribution in [0.3, 0.4) is 0 Å². The van der Waals surface area contributed by atoms with E-state index in [2.05, 4.69) is 35.0 Å². The Morgan fingerprint density at radius 3 is 2.62 bits per heavy atom. The number of fused-ring (bicyclic) bond motifs is 1. The molecular formula is C14H16N2. The third-order valence-electron chi connectivity index (χ3n) is 4.01. The van der Waals surface area contributed by atoms with Crippen molar-refractivity contribution < 1.29 is 0 Å². The number of nitrogens with two attached hydrogens (primary N) is 1. The third-order valence-corrected chi connectivity index (χ3v) is 4.01. The number of rotatable bonds is 2. The van der Waals surface area contributed by atoms with Gasteiger partial charge in [-0.1, -0.05) is 18.2 Å². The molecule has 0 spiro atoms. The Balaban J connectivity index is 2.01. The third kappa shape index (κ3) is 1.11. The van der Waals surface area contributed by atoms with Crippen LogP contribution in [0, 0.1) is 0 Å². The predicted octanol–water partition coefficient (Wildman–Crippen LogP) is 2.92. The molecule has 2 heteroatoms. The van der Waals surface area contributed by atoms with E-state index >= 15 is 0 Å². The van der Waals surface area contributed by atoms with E-state index in [4.69, 9.17) is 5.73 Å². The minimum absolute atomic E-state index is 0.0141. The van der Waals surface area contributed by atoms with E-state index in [0.717, 1.165) is 18.9 Å². The highest BCUT2D eigenvalue weighted by Gasteiger charge is 2.42. The highest BCUT2D eigenvalue weighted by molar-refractivity contribution is 5.85. The van der Waals surface area contributed by atoms with E-state index in [1.54, 1.807) is 0 Å². The topological polar surface area (TPSA) is 30.9 Å². The van der Waals surface area contributed by atoms with Crippen molar-refractivity contribution in [3.8, 4) is 0 Å². The summed E-state index contributed by atoms with van der Waals surface area (Å²) in [5.41, 5.74) is 9.08. The molecule has 2 N–H and O–H groups in total. The number of para-hydroxylation sites is 1. The van der Waals surface area contributed by atoms with Crippen LogP contribution < -0.4 is 5.73 Å². The fourth-order valence-electron chi connectivity index (χ4n) is 2.66. The van der Waals surface area contributed by atoms with Crippen molar-refractivity contribution in [3.05, 3.63) is 36.0 Å². The molecule has 2 aromatic rings. The van der Waals surface area contributed by atoms with E-state index in [0.29, 0.717) is 0 Å². The van der Waals surface area contributed by atoms with Crippen molar-refractivity contribution in [1.29, 1.82) is 0 Å². The van der Waals surface area contributed by atoms with E-state index in [-0.39, 0.29) is 5.54 Å². The maximum atomic E-state index is 6.35. The molecule has 0 atom stereocenters. The highest BCUT2D eigenvalue weighted by atomic mass is 15.0. The lowest BCUT2D eigenvalue weighted by Crippen LogP contribution is -2.18. The lowest BCUT2D eigenvalue weighted by atomic mass is 10.1. The zero-order chi connectivity index (χ0) is 10.8. The Labute approximate surface area is 95.1 Å². The van der Waals surface area contributed by atoms with Gasteiger partial charge in [-0.25, -0.2) is 0 Å². The van der Waals surface area contributed by atoms with Gasteiger partial charge in [-0.15, -0.1) is 0 Å². The zero-order valence-corrected chi connectivity index (χ0v) is 9.32. The van der Waals surface area contributed by atoms with E-state index in [1.165, 1.54) is 29.3 Å². The predicted molar refractivity (Wildman–Crippen MR) is 65.3 cm³/mol. The van der Waals surface area contributed by atoms with Gasteiger partial charge in [-0.2, -0.15) is 0 Å². The molecule has 4 rings (SSSR count). The molecule has 2 fully saturated rings. The first-order chi connectivity index (χ1) is 7.78. The van der Waals surface area contributed by atoms with E-state index in [1.807, 2.05) is 0 Å². The number of hydrogen-bond donors (Lipinski definition) is 1. The van der Waals surface area contributed by atoms with Crippen LogP contribution in [0.2, 0.25) is 0 Å². The lowest BCUT2D eigenvalue weighted by molar-refractivity contribution is 0.721. The van der Waals surface area contributed by atoms with Crippen LogP contribution in [0.4, 0.5) is 0 Å². The summed E-state index contributed by atoms with van der Waals surface area (Å²) < 4.78 is 2.44. The molecule has 0 unspecified atom stereocenters. The van der Waals surface area contributed by atoms with Gasteiger partial charge in [0.25, 0.3) is 0 Å². The Kier molecular flexibility index (Phi) is 1.48. The molecule has 0 aliphatic heterocycles. The van der Waals surface area contributed by atoms with Crippen LogP contribution in [0.25, 0.3) is 10.9 Å². The summed E-state index contributed by atoms with van der Waals surface area (Å²) in [6.07, 6.45) is 7.26. The zero-order valence-electron chi connectivity index (χ0n) is 9.32. The van der Waals surface area contributed by atoms with Gasteiger partial charge in [0.05, 0.1) is 0 Å². The fraction of sp³-hybridized carbons (Fsp3) is 0.429. The van der Waals surface area contributed by atoms with Gasteiger partial charge < -0.3 is 10.3 Å². The quantitative estimate of drug-likeness (QED) is 0.815. The first-order valence-corrected chi connectivity index (χ1v) is 6.17. The first kappa shape index (κ1) is 8.82. The Morgan fingerprint density at radius 1 is 1.19 bits per heavy atom. The normalized spacial score (nSPS) is 22.6. The molecule has 1 heterocycles. The number of aromatic nitrogens is 1. The largest absolute Gasteiger partial charge is 0.344 e. The van der Waals surface area contributed by atoms with Gasteiger partial charge >= 0.3 is 0 Å². The molecule has 0 radical (unpaired) electrons. The maximum absolute atomic E-state index is 6.35. The summed E-state index contributed by atoms with van der Waals surface area (Å²) in [6, 6.07) is 9.43. The van der Waals surface area contributed by atoms with Gasteiger partial charge in [0.2, 0.25) is 0 Å². The van der Waals surface area contributed by atoms with Crippen molar-refractivity contribution in [1.82, 2.24) is 4.57 Å². The first-order valence-electron chi connectivity index (χ1n) is 6.17. The molecule has 1 aromatic carbocycles. The maximum Gasteiger partial charge on any atom is 0.0486 e. The summed E-state index contributed by atoms with van der Waals surface area (Å²) in [5, 5.41) is 1.37. The molecule has 0 saturated heterocycles. The Morgan fingerprint density at radius 2 is 1.94 bits per heavy atom. The van der Waals surface area contributed by atoms with Gasteiger partial charge in [0.1, 0.15) is 0 Å². The van der Waals surface area contributed by atoms with Gasteiger partial charge in [-0.05, 0) is 37.3 Å². The van der Waals surface area contributed by atoms with Crippen LogP contribution in [0.5, 0.6) is 0 Å². The standard InChI is InChI=1S/C14H16N2/c15-14(7-8-14)12-9-16(10-5-6-10)13-4-2-1-3-11(12)13/h1-4,9-10H,5-8,15H2. The summed E-state index contributed by atoms with van der Waals surface area (Å²) in [5.74, 6) is 0. The Hall–Kier alpha value is -1.28. The summed E-state index contributed by atoms with van der Waals surface area (Å²) >= 11 is 0. The van der Waals surface area contributed by atoms with Crippen molar-refractivity contribution >= 4 is 10.9 Å². The van der Waals surface area contributed by atoms with Crippen LogP contribution in [-0.4, -0.2) is 4.57 Å². The SMILES string of the molecule is NC1(c2cn(C3CC3)c3ccccc23)CC1. The molecule has 2 nitrogen and oxygen atoms in total. The highest BCUT2D eigenvalue weighted by Crippen LogP contribution is 2.48. The lowest BCUT2D eigenvalue weighted by Gasteiger charge is -2.05. The molecule has 0 bridgehead atoms. The average Bonchev–Trinajstić information content (AvgIpc) is 3.21. The van der Waals surface area contributed by atoms with Crippen molar-refractivity contribution in [3.63, 3.8) is 0 Å². The molecular weight excluding hydrogens is 196 g/mol. The smallest absolute Gasteiger partial charge is 0.0486 e. The molecule has 0 amide bonds. The monoisotopic (exact) mass is 212 g/mol. The van der Waals surface area contributed by atoms with Crippen LogP contribution >= 0.6 is 0 Å². The second-order valence-corrected chi connectivity index (χ2v) is 5.35. The van der Waals surface area contributed by atoms with Crippen LogP contribution in [-0.2, 0) is 5.54 Å². The van der Waals surface area contributed by atoms with Gasteiger partial charge in [-0.3, -0.25) is 0 Å². The molecule has 2 saturated carbocycles. The fourth-order valence-corrected chi connectivity index (χ4v) is 2.66.